The van der Waals surface area contributed by atoms with Crippen molar-refractivity contribution in [2.24, 2.45) is 0 Å². The highest BCUT2D eigenvalue weighted by atomic mass is 32.1. The van der Waals surface area contributed by atoms with Crippen LogP contribution < -0.4 is 9.47 Å². The number of esters is 2. The molecule has 0 amide bonds. The van der Waals surface area contributed by atoms with Crippen LogP contribution in [0.1, 0.15) is 13.8 Å². The molecular weight excluding hydrogens is 625 g/mol. The maximum absolute atomic E-state index is 12.4. The minimum Gasteiger partial charge on any atom is -0.424 e. The van der Waals surface area contributed by atoms with E-state index in [0.717, 1.165) is 71.0 Å². The van der Waals surface area contributed by atoms with E-state index in [2.05, 4.69) is 60.7 Å². The van der Waals surface area contributed by atoms with Crippen molar-refractivity contribution in [1.29, 1.82) is 0 Å². The fourth-order valence-electron chi connectivity index (χ4n) is 5.72. The number of hydrogen-bond donors (Lipinski definition) is 0. The number of carbonyl (C=O) groups excluding carboxylic acids is 2. The van der Waals surface area contributed by atoms with Crippen LogP contribution in [0.25, 0.3) is 71.0 Å². The Hall–Kier alpha value is -4.34. The van der Waals surface area contributed by atoms with Crippen molar-refractivity contribution in [3.8, 4) is 42.1 Å². The normalized spacial score (nSPS) is 11.6. The van der Waals surface area contributed by atoms with E-state index in [1.165, 1.54) is 13.8 Å². The predicted molar refractivity (Wildman–Crippen MR) is 187 cm³/mol. The summed E-state index contributed by atoms with van der Waals surface area (Å²) in [4.78, 5) is 28.9. The highest BCUT2D eigenvalue weighted by molar-refractivity contribution is 7.31. The zero-order valence-electron chi connectivity index (χ0n) is 23.5. The Bertz CT molecular complexity index is 2250. The van der Waals surface area contributed by atoms with Crippen LogP contribution in [0.5, 0.6) is 11.5 Å². The predicted octanol–water partition coefficient (Wildman–Crippen LogP) is 11.4. The minimum absolute atomic E-state index is 0.352. The Labute approximate surface area is 268 Å². The van der Waals surface area contributed by atoms with Gasteiger partial charge in [-0.2, -0.15) is 0 Å². The molecule has 0 saturated carbocycles. The molecule has 0 atom stereocenters. The monoisotopic (exact) mass is 646 g/mol. The van der Waals surface area contributed by atoms with E-state index in [-0.39, 0.29) is 11.9 Å². The van der Waals surface area contributed by atoms with Gasteiger partial charge in [0.15, 0.2) is 11.5 Å². The lowest BCUT2D eigenvalue weighted by Gasteiger charge is -2.09. The zero-order chi connectivity index (χ0) is 29.9. The lowest BCUT2D eigenvalue weighted by Crippen LogP contribution is -2.02. The second-order valence-corrected chi connectivity index (χ2v) is 14.5. The number of hydrogen-bond acceptors (Lipinski definition) is 8. The van der Waals surface area contributed by atoms with Gasteiger partial charge in [0.25, 0.3) is 0 Å². The van der Waals surface area contributed by atoms with E-state index in [1.54, 1.807) is 45.3 Å². The molecule has 0 radical (unpaired) electrons. The van der Waals surface area contributed by atoms with Gasteiger partial charge >= 0.3 is 11.9 Å². The third-order valence-corrected chi connectivity index (χ3v) is 12.3. The van der Waals surface area contributed by atoms with Gasteiger partial charge in [-0.3, -0.25) is 9.59 Å². The number of benzene rings is 4. The minimum atomic E-state index is -0.352. The van der Waals surface area contributed by atoms with Gasteiger partial charge in [0.2, 0.25) is 0 Å². The molecule has 0 fully saturated rings. The Morgan fingerprint density at radius 2 is 0.727 bits per heavy atom. The molecule has 0 unspecified atom stereocenters. The first-order valence-corrected chi connectivity index (χ1v) is 17.2. The first-order valence-electron chi connectivity index (χ1n) is 13.9. The molecule has 8 heteroatoms. The molecule has 8 rings (SSSR count). The number of rotatable bonds is 5. The second-order valence-electron chi connectivity index (χ2n) is 10.3. The standard InChI is InChI=1S/C36H22O4S4/c1-19(37)39-31-23-13-5-9-17-27(23)41-33(31)29-21-11-3-7-15-25(21)43-35(29)36-30(22-12-4-8-16-26(22)44-36)34-32(40-20(2)38)24-14-6-10-18-28(24)42-34/h3-18H,1-2H3. The smallest absolute Gasteiger partial charge is 0.308 e. The lowest BCUT2D eigenvalue weighted by molar-refractivity contribution is -0.132. The quantitative estimate of drug-likeness (QED) is 0.175. The van der Waals surface area contributed by atoms with Gasteiger partial charge in [-0.15, -0.1) is 45.3 Å². The molecule has 0 aliphatic rings. The Kier molecular flexibility index (Phi) is 6.61. The van der Waals surface area contributed by atoms with Crippen molar-refractivity contribution >= 4 is 97.6 Å². The van der Waals surface area contributed by atoms with Gasteiger partial charge in [0.05, 0.1) is 19.5 Å². The number of thiophene rings is 4. The van der Waals surface area contributed by atoms with E-state index in [0.29, 0.717) is 11.5 Å². The largest absolute Gasteiger partial charge is 0.424 e. The molecule has 4 nitrogen and oxygen atoms in total. The van der Waals surface area contributed by atoms with Gasteiger partial charge in [-0.05, 0) is 36.4 Å². The van der Waals surface area contributed by atoms with Crippen molar-refractivity contribution < 1.29 is 19.1 Å². The lowest BCUT2D eigenvalue weighted by atomic mass is 10.0. The van der Waals surface area contributed by atoms with Crippen LogP contribution in [0.4, 0.5) is 0 Å². The molecule has 44 heavy (non-hydrogen) atoms. The molecule has 4 aromatic carbocycles. The molecule has 0 aliphatic heterocycles. The Balaban J connectivity index is 1.50. The molecule has 4 heterocycles. The van der Waals surface area contributed by atoms with Gasteiger partial charge in [0, 0.05) is 65.3 Å². The topological polar surface area (TPSA) is 52.6 Å². The molecule has 0 spiro atoms. The summed E-state index contributed by atoms with van der Waals surface area (Å²) in [6.45, 7) is 2.90. The first kappa shape index (κ1) is 27.2. The van der Waals surface area contributed by atoms with Crippen molar-refractivity contribution in [1.82, 2.24) is 0 Å². The van der Waals surface area contributed by atoms with Crippen LogP contribution in [0, 0.1) is 0 Å². The second kappa shape index (κ2) is 10.7. The van der Waals surface area contributed by atoms with E-state index in [1.807, 2.05) is 36.4 Å². The van der Waals surface area contributed by atoms with Crippen LogP contribution in [0.15, 0.2) is 97.1 Å². The Morgan fingerprint density at radius 3 is 1.09 bits per heavy atom. The molecule has 214 valence electrons. The molecule has 4 aromatic heterocycles. The van der Waals surface area contributed by atoms with Gasteiger partial charge < -0.3 is 9.47 Å². The van der Waals surface area contributed by atoms with Crippen molar-refractivity contribution in [3.05, 3.63) is 97.1 Å². The van der Waals surface area contributed by atoms with E-state index in [9.17, 15) is 9.59 Å². The molecule has 0 saturated heterocycles. The number of ether oxygens (including phenoxy) is 2. The summed E-state index contributed by atoms with van der Waals surface area (Å²) in [6, 6.07) is 32.9. The maximum atomic E-state index is 12.4. The van der Waals surface area contributed by atoms with Gasteiger partial charge in [-0.1, -0.05) is 60.7 Å². The third kappa shape index (κ3) is 4.37. The number of carbonyl (C=O) groups is 2. The summed E-state index contributed by atoms with van der Waals surface area (Å²) in [6.07, 6.45) is 0. The van der Waals surface area contributed by atoms with Crippen LogP contribution in [0.2, 0.25) is 0 Å². The van der Waals surface area contributed by atoms with E-state index in [4.69, 9.17) is 9.47 Å². The Morgan fingerprint density at radius 1 is 0.432 bits per heavy atom. The highest BCUT2D eigenvalue weighted by Gasteiger charge is 2.29. The molecule has 0 bridgehead atoms. The average Bonchev–Trinajstić information content (AvgIpc) is 3.77. The van der Waals surface area contributed by atoms with Crippen LogP contribution >= 0.6 is 45.3 Å². The first-order chi connectivity index (χ1) is 21.5. The fourth-order valence-corrected chi connectivity index (χ4v) is 10.8. The molecule has 0 N–H and O–H groups in total. The zero-order valence-corrected chi connectivity index (χ0v) is 26.8. The van der Waals surface area contributed by atoms with E-state index >= 15 is 0 Å². The summed E-state index contributed by atoms with van der Waals surface area (Å²) in [5.74, 6) is 0.477. The van der Waals surface area contributed by atoms with Crippen LogP contribution in [0.3, 0.4) is 0 Å². The average molecular weight is 647 g/mol. The summed E-state index contributed by atoms with van der Waals surface area (Å²) in [7, 11) is 0. The summed E-state index contributed by atoms with van der Waals surface area (Å²) in [5.41, 5.74) is 2.09. The van der Waals surface area contributed by atoms with Crippen molar-refractivity contribution in [2.45, 2.75) is 13.8 Å². The molecule has 0 aliphatic carbocycles. The van der Waals surface area contributed by atoms with Crippen LogP contribution in [-0.2, 0) is 9.59 Å². The molecule has 8 aromatic rings. The third-order valence-electron chi connectivity index (χ3n) is 7.44. The maximum Gasteiger partial charge on any atom is 0.308 e. The van der Waals surface area contributed by atoms with Gasteiger partial charge in [0.1, 0.15) is 0 Å². The van der Waals surface area contributed by atoms with Crippen molar-refractivity contribution in [3.63, 3.8) is 0 Å². The summed E-state index contributed by atoms with van der Waals surface area (Å²) >= 11 is 6.74. The van der Waals surface area contributed by atoms with Crippen molar-refractivity contribution in [2.75, 3.05) is 0 Å². The van der Waals surface area contributed by atoms with Gasteiger partial charge in [-0.25, -0.2) is 0 Å². The molecular formula is C36H22O4S4. The SMILES string of the molecule is CC(=O)Oc1c(-c2c(-c3sc4ccccc4c3-c3sc4ccccc4c3OC(C)=O)sc3ccccc23)sc2ccccc12. The summed E-state index contributed by atoms with van der Waals surface area (Å²) < 4.78 is 16.3. The fraction of sp³-hybridized carbons (Fsp3) is 0.0556. The van der Waals surface area contributed by atoms with E-state index < -0.39 is 0 Å². The number of fused-ring (bicyclic) bond motifs is 4. The highest BCUT2D eigenvalue weighted by Crippen LogP contribution is 2.59. The summed E-state index contributed by atoms with van der Waals surface area (Å²) in [5, 5.41) is 4.05. The van der Waals surface area contributed by atoms with Crippen LogP contribution in [-0.4, -0.2) is 11.9 Å².